The zero-order valence-electron chi connectivity index (χ0n) is 17.6. The van der Waals surface area contributed by atoms with Crippen molar-refractivity contribution in [3.8, 4) is 5.75 Å². The molecule has 1 aliphatic heterocycles. The molecule has 3 rings (SSSR count). The van der Waals surface area contributed by atoms with Crippen LogP contribution in [0.15, 0.2) is 30.5 Å². The zero-order chi connectivity index (χ0) is 21.9. The lowest BCUT2D eigenvalue weighted by Gasteiger charge is -2.26. The molecule has 1 N–H and O–H groups in total. The van der Waals surface area contributed by atoms with Gasteiger partial charge in [0.25, 0.3) is 16.1 Å². The molecule has 2 aromatic rings. The SMILES string of the molecule is COc1ccccc1CNC(=O)c1cnc([C@@H]2CCCN2S(=O)(=O)N(C)C)nc1C. The fourth-order valence-corrected chi connectivity index (χ4v) is 4.77. The number of benzene rings is 1. The highest BCUT2D eigenvalue weighted by atomic mass is 32.2. The number of carbonyl (C=O) groups excluding carboxylic acids is 1. The lowest BCUT2D eigenvalue weighted by atomic mass is 10.1. The highest BCUT2D eigenvalue weighted by molar-refractivity contribution is 7.86. The van der Waals surface area contributed by atoms with E-state index in [0.29, 0.717) is 42.3 Å². The first kappa shape index (κ1) is 22.1. The Balaban J connectivity index is 1.76. The van der Waals surface area contributed by atoms with Gasteiger partial charge in [0.15, 0.2) is 0 Å². The number of aryl methyl sites for hydroxylation is 1. The van der Waals surface area contributed by atoms with Gasteiger partial charge in [-0.25, -0.2) is 9.97 Å². The summed E-state index contributed by atoms with van der Waals surface area (Å²) in [4.78, 5) is 21.4. The van der Waals surface area contributed by atoms with Crippen LogP contribution in [0.25, 0.3) is 0 Å². The Kier molecular flexibility index (Phi) is 6.69. The van der Waals surface area contributed by atoms with Gasteiger partial charge in [0.05, 0.1) is 24.4 Å². The van der Waals surface area contributed by atoms with E-state index in [9.17, 15) is 13.2 Å². The molecule has 1 atom stereocenters. The Morgan fingerprint density at radius 1 is 1.33 bits per heavy atom. The normalized spacial score (nSPS) is 17.3. The van der Waals surface area contributed by atoms with Crippen molar-refractivity contribution in [2.45, 2.75) is 32.4 Å². The third-order valence-electron chi connectivity index (χ3n) is 5.13. The Morgan fingerprint density at radius 2 is 2.07 bits per heavy atom. The molecule has 1 amide bonds. The van der Waals surface area contributed by atoms with Gasteiger partial charge in [0.2, 0.25) is 0 Å². The minimum absolute atomic E-state index is 0.297. The summed E-state index contributed by atoms with van der Waals surface area (Å²) in [7, 11) is 1.03. The molecule has 30 heavy (non-hydrogen) atoms. The van der Waals surface area contributed by atoms with Crippen molar-refractivity contribution >= 4 is 16.1 Å². The predicted molar refractivity (Wildman–Crippen MR) is 112 cm³/mol. The van der Waals surface area contributed by atoms with Crippen molar-refractivity contribution < 1.29 is 17.9 Å². The van der Waals surface area contributed by atoms with Gasteiger partial charge < -0.3 is 10.1 Å². The number of nitrogens with zero attached hydrogens (tertiary/aromatic N) is 4. The summed E-state index contributed by atoms with van der Waals surface area (Å²) in [5.41, 5.74) is 1.72. The second kappa shape index (κ2) is 9.07. The molecule has 1 aliphatic rings. The van der Waals surface area contributed by atoms with E-state index < -0.39 is 16.3 Å². The first-order chi connectivity index (χ1) is 14.3. The summed E-state index contributed by atoms with van der Waals surface area (Å²) in [5, 5.41) is 2.86. The zero-order valence-corrected chi connectivity index (χ0v) is 18.4. The van der Waals surface area contributed by atoms with Gasteiger partial charge in [-0.1, -0.05) is 18.2 Å². The summed E-state index contributed by atoms with van der Waals surface area (Å²) in [6.07, 6.45) is 2.85. The first-order valence-corrected chi connectivity index (χ1v) is 11.1. The molecule has 0 spiro atoms. The number of hydrogen-bond donors (Lipinski definition) is 1. The van der Waals surface area contributed by atoms with Crippen molar-refractivity contribution in [2.24, 2.45) is 0 Å². The molecule has 0 unspecified atom stereocenters. The van der Waals surface area contributed by atoms with Gasteiger partial charge in [0.1, 0.15) is 11.6 Å². The molecule has 2 heterocycles. The smallest absolute Gasteiger partial charge is 0.282 e. The largest absolute Gasteiger partial charge is 0.496 e. The van der Waals surface area contributed by atoms with Crippen LogP contribution in [0.5, 0.6) is 5.75 Å². The van der Waals surface area contributed by atoms with E-state index in [1.54, 1.807) is 14.0 Å². The van der Waals surface area contributed by atoms with Crippen LogP contribution in [0.4, 0.5) is 0 Å². The highest BCUT2D eigenvalue weighted by Gasteiger charge is 2.38. The molecule has 1 aromatic heterocycles. The number of ether oxygens (including phenoxy) is 1. The average molecular weight is 434 g/mol. The molecule has 9 nitrogen and oxygen atoms in total. The molecule has 0 saturated carbocycles. The van der Waals surface area contributed by atoms with Crippen LogP contribution in [0.1, 0.15) is 46.3 Å². The summed E-state index contributed by atoms with van der Waals surface area (Å²) < 4.78 is 33.1. The maximum absolute atomic E-state index is 12.6. The molecule has 0 aliphatic carbocycles. The Labute approximate surface area is 177 Å². The maximum Gasteiger partial charge on any atom is 0.282 e. The van der Waals surface area contributed by atoms with E-state index in [-0.39, 0.29) is 5.91 Å². The van der Waals surface area contributed by atoms with Gasteiger partial charge in [0, 0.05) is 38.9 Å². The number of para-hydroxylation sites is 1. The van der Waals surface area contributed by atoms with Crippen LogP contribution < -0.4 is 10.1 Å². The number of amides is 1. The van der Waals surface area contributed by atoms with E-state index in [0.717, 1.165) is 12.0 Å². The van der Waals surface area contributed by atoms with Gasteiger partial charge in [-0.15, -0.1) is 0 Å². The fraction of sp³-hybridized carbons (Fsp3) is 0.450. The number of aromatic nitrogens is 2. The molecule has 1 aromatic carbocycles. The Morgan fingerprint density at radius 3 is 2.73 bits per heavy atom. The third kappa shape index (κ3) is 4.45. The summed E-state index contributed by atoms with van der Waals surface area (Å²) in [6, 6.07) is 7.03. The molecule has 1 fully saturated rings. The van der Waals surface area contributed by atoms with Gasteiger partial charge in [-0.2, -0.15) is 17.0 Å². The summed E-state index contributed by atoms with van der Waals surface area (Å²) in [5.74, 6) is 0.815. The molecular formula is C20H27N5O4S. The van der Waals surface area contributed by atoms with Crippen molar-refractivity contribution in [3.63, 3.8) is 0 Å². The average Bonchev–Trinajstić information content (AvgIpc) is 3.22. The van der Waals surface area contributed by atoms with Crippen LogP contribution in [0.3, 0.4) is 0 Å². The molecule has 162 valence electrons. The number of carbonyl (C=O) groups is 1. The van der Waals surface area contributed by atoms with Crippen LogP contribution in [-0.2, 0) is 16.8 Å². The summed E-state index contributed by atoms with van der Waals surface area (Å²) >= 11 is 0. The lowest BCUT2D eigenvalue weighted by Crippen LogP contribution is -2.40. The van der Waals surface area contributed by atoms with Crippen LogP contribution in [0, 0.1) is 6.92 Å². The van der Waals surface area contributed by atoms with Gasteiger partial charge in [-0.05, 0) is 25.8 Å². The second-order valence-electron chi connectivity index (χ2n) is 7.28. The van der Waals surface area contributed by atoms with Crippen LogP contribution in [0.2, 0.25) is 0 Å². The van der Waals surface area contributed by atoms with E-state index in [2.05, 4.69) is 15.3 Å². The first-order valence-electron chi connectivity index (χ1n) is 9.68. The fourth-order valence-electron chi connectivity index (χ4n) is 3.47. The van der Waals surface area contributed by atoms with E-state index in [4.69, 9.17) is 4.74 Å². The number of rotatable bonds is 7. The monoisotopic (exact) mass is 433 g/mol. The predicted octanol–water partition coefficient (Wildman–Crippen LogP) is 1.67. The summed E-state index contributed by atoms with van der Waals surface area (Å²) in [6.45, 7) is 2.46. The number of hydrogen-bond acceptors (Lipinski definition) is 6. The van der Waals surface area contributed by atoms with Gasteiger partial charge >= 0.3 is 0 Å². The topological polar surface area (TPSA) is 105 Å². The lowest BCUT2D eigenvalue weighted by molar-refractivity contribution is 0.0949. The van der Waals surface area contributed by atoms with Crippen molar-refractivity contribution in [1.82, 2.24) is 23.9 Å². The van der Waals surface area contributed by atoms with Crippen molar-refractivity contribution in [2.75, 3.05) is 27.7 Å². The minimum Gasteiger partial charge on any atom is -0.496 e. The van der Waals surface area contributed by atoms with E-state index in [1.807, 2.05) is 24.3 Å². The quantitative estimate of drug-likeness (QED) is 0.712. The number of methoxy groups -OCH3 is 1. The highest BCUT2D eigenvalue weighted by Crippen LogP contribution is 2.33. The molecule has 1 saturated heterocycles. The molecular weight excluding hydrogens is 406 g/mol. The van der Waals surface area contributed by atoms with E-state index in [1.165, 1.54) is 28.9 Å². The second-order valence-corrected chi connectivity index (χ2v) is 9.38. The van der Waals surface area contributed by atoms with Gasteiger partial charge in [-0.3, -0.25) is 4.79 Å². The van der Waals surface area contributed by atoms with E-state index >= 15 is 0 Å². The Bertz CT molecular complexity index is 1030. The molecule has 0 bridgehead atoms. The van der Waals surface area contributed by atoms with Crippen molar-refractivity contribution in [1.29, 1.82) is 0 Å². The van der Waals surface area contributed by atoms with Crippen molar-refractivity contribution in [3.05, 3.63) is 53.1 Å². The number of nitrogens with one attached hydrogen (secondary N) is 1. The molecule has 10 heteroatoms. The molecule has 0 radical (unpaired) electrons. The standard InChI is InChI=1S/C20H27N5O4S/c1-14-16(20(26)22-12-15-8-5-6-10-18(15)29-4)13-21-19(23-14)17-9-7-11-25(17)30(27,28)24(2)3/h5-6,8,10,13,17H,7,9,11-12H2,1-4H3,(H,22,26)/t17-/m0/s1. The third-order valence-corrected chi connectivity index (χ3v) is 7.09. The maximum atomic E-state index is 12.6. The van der Waals surface area contributed by atoms with Crippen LogP contribution in [-0.4, -0.2) is 60.7 Å². The minimum atomic E-state index is -3.56. The Hall–Kier alpha value is -2.56. The van der Waals surface area contributed by atoms with Crippen LogP contribution >= 0.6 is 0 Å².